The fraction of sp³-hybridized carbons (Fsp3) is 0.273. The average Bonchev–Trinajstić information content (AvgIpc) is 3.00. The number of rotatable bonds is 7. The number of carbonyl (C=O) groups is 2. The van der Waals surface area contributed by atoms with E-state index in [1.807, 2.05) is 13.8 Å². The zero-order valence-corrected chi connectivity index (χ0v) is 16.7. The molecule has 0 aliphatic rings. The summed E-state index contributed by atoms with van der Waals surface area (Å²) < 4.78 is 27.8. The Kier molecular flexibility index (Phi) is 6.07. The van der Waals surface area contributed by atoms with Gasteiger partial charge in [-0.2, -0.15) is 0 Å². The Bertz CT molecular complexity index is 1050. The molecule has 7 nitrogen and oxygen atoms in total. The standard InChI is InChI=1S/C22H22O7/c1-5-25-18-10-7-15(11-20(18)26-6-2)21-22(28-14(4)24)17-9-8-16(27-13(3)23)12-19(17)29-21/h7-12H,5-6H2,1-4H3. The van der Waals surface area contributed by atoms with Crippen LogP contribution in [0.5, 0.6) is 23.0 Å². The number of fused-ring (bicyclic) bond motifs is 1. The molecule has 3 rings (SSSR count). The number of hydrogen-bond acceptors (Lipinski definition) is 7. The Morgan fingerprint density at radius 3 is 2.21 bits per heavy atom. The van der Waals surface area contributed by atoms with Crippen LogP contribution in [-0.4, -0.2) is 25.2 Å². The van der Waals surface area contributed by atoms with Gasteiger partial charge in [0, 0.05) is 25.5 Å². The van der Waals surface area contributed by atoms with Crippen LogP contribution >= 0.6 is 0 Å². The lowest BCUT2D eigenvalue weighted by Gasteiger charge is -2.12. The van der Waals surface area contributed by atoms with Crippen LogP contribution in [0.3, 0.4) is 0 Å². The molecule has 152 valence electrons. The van der Waals surface area contributed by atoms with Crippen LogP contribution in [0.2, 0.25) is 0 Å². The molecule has 1 aromatic heterocycles. The van der Waals surface area contributed by atoms with Crippen LogP contribution in [0.4, 0.5) is 0 Å². The van der Waals surface area contributed by atoms with Gasteiger partial charge in [-0.3, -0.25) is 9.59 Å². The van der Waals surface area contributed by atoms with E-state index in [1.54, 1.807) is 36.4 Å². The van der Waals surface area contributed by atoms with Crippen molar-refractivity contribution in [2.24, 2.45) is 0 Å². The Balaban J connectivity index is 2.15. The molecule has 0 fully saturated rings. The molecule has 0 N–H and O–H groups in total. The molecule has 0 atom stereocenters. The first-order chi connectivity index (χ1) is 13.9. The zero-order chi connectivity index (χ0) is 21.0. The van der Waals surface area contributed by atoms with Gasteiger partial charge in [-0.1, -0.05) is 0 Å². The predicted octanol–water partition coefficient (Wildman–Crippen LogP) is 4.75. The van der Waals surface area contributed by atoms with E-state index in [1.165, 1.54) is 13.8 Å². The van der Waals surface area contributed by atoms with Crippen molar-refractivity contribution in [1.82, 2.24) is 0 Å². The topological polar surface area (TPSA) is 84.2 Å². The van der Waals surface area contributed by atoms with Crippen LogP contribution in [-0.2, 0) is 9.59 Å². The van der Waals surface area contributed by atoms with Gasteiger partial charge in [0.15, 0.2) is 23.0 Å². The lowest BCUT2D eigenvalue weighted by molar-refractivity contribution is -0.132. The lowest BCUT2D eigenvalue weighted by atomic mass is 10.1. The number of hydrogen-bond donors (Lipinski definition) is 0. The van der Waals surface area contributed by atoms with Gasteiger partial charge in [-0.15, -0.1) is 0 Å². The molecule has 0 aliphatic heterocycles. The minimum absolute atomic E-state index is 0.286. The van der Waals surface area contributed by atoms with E-state index in [-0.39, 0.29) is 5.75 Å². The summed E-state index contributed by atoms with van der Waals surface area (Å²) in [6.07, 6.45) is 0. The van der Waals surface area contributed by atoms with Crippen molar-refractivity contribution in [1.29, 1.82) is 0 Å². The summed E-state index contributed by atoms with van der Waals surface area (Å²) in [7, 11) is 0. The van der Waals surface area contributed by atoms with E-state index in [0.717, 1.165) is 0 Å². The van der Waals surface area contributed by atoms with Crippen molar-refractivity contribution < 1.29 is 33.0 Å². The molecule has 0 saturated heterocycles. The van der Waals surface area contributed by atoms with E-state index in [0.29, 0.717) is 52.8 Å². The molecule has 0 saturated carbocycles. The van der Waals surface area contributed by atoms with Gasteiger partial charge in [0.1, 0.15) is 11.3 Å². The van der Waals surface area contributed by atoms with Gasteiger partial charge in [0.2, 0.25) is 0 Å². The summed E-state index contributed by atoms with van der Waals surface area (Å²) >= 11 is 0. The molecule has 29 heavy (non-hydrogen) atoms. The third-order valence-electron chi connectivity index (χ3n) is 3.93. The van der Waals surface area contributed by atoms with Crippen molar-refractivity contribution >= 4 is 22.9 Å². The maximum Gasteiger partial charge on any atom is 0.308 e. The molecule has 0 aliphatic carbocycles. The van der Waals surface area contributed by atoms with Crippen molar-refractivity contribution in [2.45, 2.75) is 27.7 Å². The number of esters is 2. The number of carbonyl (C=O) groups excluding carboxylic acids is 2. The monoisotopic (exact) mass is 398 g/mol. The fourth-order valence-corrected chi connectivity index (χ4v) is 2.91. The number of furan rings is 1. The highest BCUT2D eigenvalue weighted by Gasteiger charge is 2.21. The van der Waals surface area contributed by atoms with E-state index in [9.17, 15) is 9.59 Å². The second-order valence-electron chi connectivity index (χ2n) is 6.13. The average molecular weight is 398 g/mol. The van der Waals surface area contributed by atoms with Crippen molar-refractivity contribution in [3.63, 3.8) is 0 Å². The first-order valence-corrected chi connectivity index (χ1v) is 9.26. The molecular formula is C22H22O7. The summed E-state index contributed by atoms with van der Waals surface area (Å²) in [6.45, 7) is 7.37. The van der Waals surface area contributed by atoms with Crippen molar-refractivity contribution in [2.75, 3.05) is 13.2 Å². The normalized spacial score (nSPS) is 10.6. The Morgan fingerprint density at radius 2 is 1.55 bits per heavy atom. The van der Waals surface area contributed by atoms with Crippen molar-refractivity contribution in [3.8, 4) is 34.3 Å². The van der Waals surface area contributed by atoms with E-state index < -0.39 is 11.9 Å². The highest BCUT2D eigenvalue weighted by molar-refractivity contribution is 5.95. The fourth-order valence-electron chi connectivity index (χ4n) is 2.91. The minimum atomic E-state index is -0.478. The predicted molar refractivity (Wildman–Crippen MR) is 107 cm³/mol. The summed E-state index contributed by atoms with van der Waals surface area (Å²) in [6, 6.07) is 10.2. The molecule has 3 aromatic rings. The molecule has 0 amide bonds. The Hall–Kier alpha value is -3.48. The van der Waals surface area contributed by atoms with Gasteiger partial charge in [0.25, 0.3) is 0 Å². The van der Waals surface area contributed by atoms with Crippen LogP contribution in [0.15, 0.2) is 40.8 Å². The maximum absolute atomic E-state index is 11.7. The first-order valence-electron chi connectivity index (χ1n) is 9.26. The smallest absolute Gasteiger partial charge is 0.308 e. The van der Waals surface area contributed by atoms with Crippen LogP contribution in [0.1, 0.15) is 27.7 Å². The van der Waals surface area contributed by atoms with E-state index in [2.05, 4.69) is 0 Å². The van der Waals surface area contributed by atoms with Gasteiger partial charge < -0.3 is 23.4 Å². The van der Waals surface area contributed by atoms with Gasteiger partial charge in [0.05, 0.1) is 18.6 Å². The molecule has 0 spiro atoms. The largest absolute Gasteiger partial charge is 0.490 e. The lowest BCUT2D eigenvalue weighted by Crippen LogP contribution is -2.02. The van der Waals surface area contributed by atoms with Crippen LogP contribution in [0, 0.1) is 0 Å². The number of benzene rings is 2. The molecule has 0 radical (unpaired) electrons. The van der Waals surface area contributed by atoms with Crippen LogP contribution < -0.4 is 18.9 Å². The second-order valence-corrected chi connectivity index (χ2v) is 6.13. The first kappa shape index (κ1) is 20.3. The number of ether oxygens (including phenoxy) is 4. The highest BCUT2D eigenvalue weighted by atomic mass is 16.5. The highest BCUT2D eigenvalue weighted by Crippen LogP contribution is 2.43. The summed E-state index contributed by atoms with van der Waals surface area (Å²) in [5.74, 6) is 1.23. The van der Waals surface area contributed by atoms with Gasteiger partial charge in [-0.05, 0) is 44.2 Å². The quantitative estimate of drug-likeness (QED) is 0.419. The summed E-state index contributed by atoms with van der Waals surface area (Å²) in [5, 5.41) is 0.581. The minimum Gasteiger partial charge on any atom is -0.490 e. The molecule has 7 heteroatoms. The third-order valence-corrected chi connectivity index (χ3v) is 3.93. The van der Waals surface area contributed by atoms with Gasteiger partial charge >= 0.3 is 11.9 Å². The zero-order valence-electron chi connectivity index (χ0n) is 16.7. The molecule has 0 bridgehead atoms. The third kappa shape index (κ3) is 4.51. The maximum atomic E-state index is 11.7. The second kappa shape index (κ2) is 8.68. The van der Waals surface area contributed by atoms with Crippen LogP contribution in [0.25, 0.3) is 22.3 Å². The van der Waals surface area contributed by atoms with Crippen molar-refractivity contribution in [3.05, 3.63) is 36.4 Å². The molecule has 1 heterocycles. The summed E-state index contributed by atoms with van der Waals surface area (Å²) in [5.41, 5.74) is 1.07. The SMILES string of the molecule is CCOc1ccc(-c2oc3cc(OC(C)=O)ccc3c2OC(C)=O)cc1OCC. The van der Waals surface area contributed by atoms with Gasteiger partial charge in [-0.25, -0.2) is 0 Å². The van der Waals surface area contributed by atoms with E-state index >= 15 is 0 Å². The Labute approximate surface area is 168 Å². The summed E-state index contributed by atoms with van der Waals surface area (Å²) in [4.78, 5) is 22.9. The molecular weight excluding hydrogens is 376 g/mol. The molecule has 0 unspecified atom stereocenters. The van der Waals surface area contributed by atoms with E-state index in [4.69, 9.17) is 23.4 Å². The molecule has 2 aromatic carbocycles. The Morgan fingerprint density at radius 1 is 0.862 bits per heavy atom.